The van der Waals surface area contributed by atoms with Gasteiger partial charge in [-0.15, -0.1) is 11.3 Å². The summed E-state index contributed by atoms with van der Waals surface area (Å²) in [5.41, 5.74) is 3.78. The number of rotatable bonds is 7. The Balaban J connectivity index is 1.48. The van der Waals surface area contributed by atoms with Crippen molar-refractivity contribution >= 4 is 29.3 Å². The third-order valence-corrected chi connectivity index (χ3v) is 8.22. The number of aromatic nitrogens is 1. The molecule has 1 aromatic heterocycles. The molecule has 40 heavy (non-hydrogen) atoms. The number of carbonyl (C=O) groups excluding carboxylic acids is 3. The lowest BCUT2D eigenvalue weighted by molar-refractivity contribution is -0.147. The SMILES string of the molecule is COC(=O)C1CCC(Oc2cc(-c3scnc3C)ccc2CNC(=O)[C@@H]2C[C@@H](O)CN2C(=O)OC(C)(C)C)CC1. The van der Waals surface area contributed by atoms with Gasteiger partial charge in [-0.25, -0.2) is 9.78 Å². The number of β-amino-alcohol motifs (C(OH)–C–C–N with tert-alkyl or cyclic N) is 1. The summed E-state index contributed by atoms with van der Waals surface area (Å²) in [4.78, 5) is 44.5. The van der Waals surface area contributed by atoms with Crippen LogP contribution in [0, 0.1) is 12.8 Å². The number of amides is 2. The van der Waals surface area contributed by atoms with Crippen LogP contribution in [0.5, 0.6) is 5.75 Å². The van der Waals surface area contributed by atoms with Gasteiger partial charge in [-0.3, -0.25) is 14.5 Å². The van der Waals surface area contributed by atoms with Gasteiger partial charge in [-0.05, 0) is 65.0 Å². The fraction of sp³-hybridized carbons (Fsp3) is 0.586. The number of aliphatic hydroxyl groups excluding tert-OH is 1. The standard InChI is InChI=1S/C29H39N3O7S/c1-17-25(40-16-31-17)19-6-7-20(24(12-19)38-22-10-8-18(9-11-22)27(35)37-5)14-30-26(34)23-13-21(33)15-32(23)28(36)39-29(2,3)4/h6-7,12,16,18,21-23,33H,8-11,13-15H2,1-5H3,(H,30,34)/t18?,21-,22?,23+/m1/s1. The molecule has 11 heteroatoms. The first-order chi connectivity index (χ1) is 18.9. The molecular weight excluding hydrogens is 534 g/mol. The van der Waals surface area contributed by atoms with Gasteiger partial charge in [-0.2, -0.15) is 0 Å². The highest BCUT2D eigenvalue weighted by Gasteiger charge is 2.41. The number of thiazole rings is 1. The van der Waals surface area contributed by atoms with E-state index in [9.17, 15) is 19.5 Å². The molecule has 1 aliphatic carbocycles. The fourth-order valence-corrected chi connectivity index (χ4v) is 5.98. The van der Waals surface area contributed by atoms with Crippen LogP contribution in [0.2, 0.25) is 0 Å². The summed E-state index contributed by atoms with van der Waals surface area (Å²) < 4.78 is 16.8. The number of benzene rings is 1. The molecule has 0 radical (unpaired) electrons. The van der Waals surface area contributed by atoms with E-state index in [1.165, 1.54) is 12.0 Å². The van der Waals surface area contributed by atoms with Crippen molar-refractivity contribution in [3.63, 3.8) is 0 Å². The lowest BCUT2D eigenvalue weighted by Crippen LogP contribution is -2.47. The van der Waals surface area contributed by atoms with Gasteiger partial charge in [-0.1, -0.05) is 12.1 Å². The quantitative estimate of drug-likeness (QED) is 0.472. The largest absolute Gasteiger partial charge is 0.490 e. The van der Waals surface area contributed by atoms with Crippen LogP contribution in [0.25, 0.3) is 10.4 Å². The molecule has 2 N–H and O–H groups in total. The van der Waals surface area contributed by atoms with Crippen LogP contribution in [0.1, 0.15) is 64.1 Å². The lowest BCUT2D eigenvalue weighted by Gasteiger charge is -2.29. The maximum Gasteiger partial charge on any atom is 0.411 e. The molecule has 0 spiro atoms. The van der Waals surface area contributed by atoms with Crippen LogP contribution in [0.4, 0.5) is 4.79 Å². The molecule has 1 saturated carbocycles. The van der Waals surface area contributed by atoms with Crippen molar-refractivity contribution in [2.45, 2.75) is 90.2 Å². The Bertz CT molecular complexity index is 1220. The van der Waals surface area contributed by atoms with Crippen molar-refractivity contribution in [2.75, 3.05) is 13.7 Å². The minimum atomic E-state index is -0.832. The van der Waals surface area contributed by atoms with E-state index >= 15 is 0 Å². The van der Waals surface area contributed by atoms with Gasteiger partial charge in [0.2, 0.25) is 5.91 Å². The number of likely N-dealkylation sites (tertiary alicyclic amines) is 1. The predicted octanol–water partition coefficient (Wildman–Crippen LogP) is 4.22. The molecule has 1 saturated heterocycles. The third kappa shape index (κ3) is 7.31. The van der Waals surface area contributed by atoms with Gasteiger partial charge in [0.15, 0.2) is 0 Å². The van der Waals surface area contributed by atoms with Crippen molar-refractivity contribution in [2.24, 2.45) is 5.92 Å². The first kappa shape index (κ1) is 29.8. The number of aryl methyl sites for hydroxylation is 1. The van der Waals surface area contributed by atoms with E-state index in [0.717, 1.165) is 34.5 Å². The molecule has 2 amide bonds. The van der Waals surface area contributed by atoms with Gasteiger partial charge in [0.1, 0.15) is 17.4 Å². The molecule has 2 aliphatic rings. The number of esters is 1. The summed E-state index contributed by atoms with van der Waals surface area (Å²) in [5, 5.41) is 13.1. The monoisotopic (exact) mass is 573 g/mol. The van der Waals surface area contributed by atoms with Crippen molar-refractivity contribution in [1.29, 1.82) is 0 Å². The molecule has 1 aliphatic heterocycles. The minimum absolute atomic E-state index is 0.0402. The normalized spacial score (nSPS) is 23.0. The highest BCUT2D eigenvalue weighted by molar-refractivity contribution is 7.13. The Labute approximate surface area is 239 Å². The molecule has 0 unspecified atom stereocenters. The van der Waals surface area contributed by atoms with E-state index < -0.39 is 23.8 Å². The first-order valence-corrected chi connectivity index (χ1v) is 14.6. The summed E-state index contributed by atoms with van der Waals surface area (Å²) in [5.74, 6) is 0.00309. The zero-order valence-corrected chi connectivity index (χ0v) is 24.6. The molecule has 0 bridgehead atoms. The number of aliphatic hydroxyl groups is 1. The highest BCUT2D eigenvalue weighted by atomic mass is 32.1. The van der Waals surface area contributed by atoms with Crippen molar-refractivity contribution in [1.82, 2.24) is 15.2 Å². The van der Waals surface area contributed by atoms with Crippen molar-refractivity contribution in [3.05, 3.63) is 35.0 Å². The Hall–Kier alpha value is -3.18. The van der Waals surface area contributed by atoms with E-state index in [1.807, 2.05) is 25.1 Å². The highest BCUT2D eigenvalue weighted by Crippen LogP contribution is 2.35. The minimum Gasteiger partial charge on any atom is -0.490 e. The number of methoxy groups -OCH3 is 1. The van der Waals surface area contributed by atoms with Crippen LogP contribution in [-0.4, -0.2) is 70.5 Å². The van der Waals surface area contributed by atoms with Crippen molar-refractivity contribution < 1.29 is 33.7 Å². The summed E-state index contributed by atoms with van der Waals surface area (Å²) in [6.07, 6.45) is 1.48. The van der Waals surface area contributed by atoms with Crippen LogP contribution < -0.4 is 10.1 Å². The van der Waals surface area contributed by atoms with Gasteiger partial charge in [0.25, 0.3) is 0 Å². The summed E-state index contributed by atoms with van der Waals surface area (Å²) >= 11 is 1.55. The second-order valence-corrected chi connectivity index (χ2v) is 12.3. The van der Waals surface area contributed by atoms with E-state index in [0.29, 0.717) is 18.6 Å². The Kier molecular flexibility index (Phi) is 9.35. The third-order valence-electron chi connectivity index (χ3n) is 7.24. The molecule has 218 valence electrons. The molecule has 4 rings (SSSR count). The summed E-state index contributed by atoms with van der Waals surface area (Å²) in [6, 6.07) is 5.05. The van der Waals surface area contributed by atoms with Crippen LogP contribution in [-0.2, 0) is 25.6 Å². The fourth-order valence-electron chi connectivity index (χ4n) is 5.18. The first-order valence-electron chi connectivity index (χ1n) is 13.7. The van der Waals surface area contributed by atoms with Gasteiger partial charge in [0.05, 0.1) is 47.9 Å². The average Bonchev–Trinajstić information content (AvgIpc) is 3.52. The molecule has 2 heterocycles. The zero-order chi connectivity index (χ0) is 29.0. The second-order valence-electron chi connectivity index (χ2n) is 11.5. The number of ether oxygens (including phenoxy) is 3. The van der Waals surface area contributed by atoms with Gasteiger partial charge >= 0.3 is 12.1 Å². The Morgan fingerprint density at radius 3 is 2.52 bits per heavy atom. The molecular formula is C29H39N3O7S. The van der Waals surface area contributed by atoms with Crippen LogP contribution in [0.3, 0.4) is 0 Å². The van der Waals surface area contributed by atoms with Crippen LogP contribution >= 0.6 is 11.3 Å². The summed E-state index contributed by atoms with van der Waals surface area (Å²) in [7, 11) is 1.41. The van der Waals surface area contributed by atoms with Crippen molar-refractivity contribution in [3.8, 4) is 16.2 Å². The molecule has 10 nitrogen and oxygen atoms in total. The number of carbonyl (C=O) groups is 3. The van der Waals surface area contributed by atoms with E-state index in [4.69, 9.17) is 14.2 Å². The topological polar surface area (TPSA) is 127 Å². The van der Waals surface area contributed by atoms with Gasteiger partial charge in [0, 0.05) is 18.5 Å². The maximum atomic E-state index is 13.2. The predicted molar refractivity (Wildman–Crippen MR) is 150 cm³/mol. The lowest BCUT2D eigenvalue weighted by atomic mass is 9.87. The van der Waals surface area contributed by atoms with Gasteiger partial charge < -0.3 is 24.6 Å². The summed E-state index contributed by atoms with van der Waals surface area (Å²) in [6.45, 7) is 7.45. The zero-order valence-electron chi connectivity index (χ0n) is 23.8. The van der Waals surface area contributed by atoms with E-state index in [2.05, 4.69) is 10.3 Å². The smallest absolute Gasteiger partial charge is 0.411 e. The number of nitrogens with one attached hydrogen (secondary N) is 1. The number of hydrogen-bond donors (Lipinski definition) is 2. The Morgan fingerprint density at radius 1 is 1.18 bits per heavy atom. The molecule has 2 atom stereocenters. The van der Waals surface area contributed by atoms with E-state index in [-0.39, 0.29) is 43.4 Å². The maximum absolute atomic E-state index is 13.2. The Morgan fingerprint density at radius 2 is 1.90 bits per heavy atom. The number of hydrogen-bond acceptors (Lipinski definition) is 9. The molecule has 1 aromatic carbocycles. The average molecular weight is 574 g/mol. The second kappa shape index (κ2) is 12.6. The molecule has 2 aromatic rings. The number of nitrogens with zero attached hydrogens (tertiary/aromatic N) is 2. The van der Waals surface area contributed by atoms with E-state index in [1.54, 1.807) is 37.6 Å². The molecule has 2 fully saturated rings. The van der Waals surface area contributed by atoms with Crippen LogP contribution in [0.15, 0.2) is 23.7 Å².